The number of pyridine rings is 3. The van der Waals surface area contributed by atoms with Crippen LogP contribution < -0.4 is 0 Å². The molecule has 9 aromatic rings. The van der Waals surface area contributed by atoms with Gasteiger partial charge in [0, 0.05) is 32.7 Å². The van der Waals surface area contributed by atoms with E-state index in [2.05, 4.69) is 15.0 Å². The summed E-state index contributed by atoms with van der Waals surface area (Å²) in [6.07, 6.45) is -10.4. The van der Waals surface area contributed by atoms with Crippen LogP contribution in [-0.2, 0) is 38.6 Å². The van der Waals surface area contributed by atoms with Gasteiger partial charge in [-0.2, -0.15) is 39.5 Å². The topological polar surface area (TPSA) is 38.7 Å². The van der Waals surface area contributed by atoms with Gasteiger partial charge in [0.15, 0.2) is 0 Å². The fourth-order valence-electron chi connectivity index (χ4n) is 5.45. The number of halogens is 9. The molecular formula is C42H24F9IrN3S3+3. The van der Waals surface area contributed by atoms with Crippen molar-refractivity contribution < 1.29 is 59.6 Å². The quantitative estimate of drug-likeness (QED) is 0.166. The summed E-state index contributed by atoms with van der Waals surface area (Å²) in [6.45, 7) is 0. The van der Waals surface area contributed by atoms with Crippen molar-refractivity contribution in [1.29, 1.82) is 0 Å². The Kier molecular flexibility index (Phi) is 12.8. The second-order valence-corrected chi connectivity index (χ2v) is 15.5. The van der Waals surface area contributed by atoms with Gasteiger partial charge in [0.1, 0.15) is 0 Å². The molecule has 0 aliphatic heterocycles. The predicted octanol–water partition coefficient (Wildman–Crippen LogP) is 14.9. The number of fused-ring (bicyclic) bond motifs is 3. The molecule has 0 saturated carbocycles. The molecule has 294 valence electrons. The summed E-state index contributed by atoms with van der Waals surface area (Å²) in [5.74, 6) is 0. The van der Waals surface area contributed by atoms with E-state index in [-0.39, 0.29) is 20.1 Å². The van der Waals surface area contributed by atoms with Crippen LogP contribution in [0.3, 0.4) is 0 Å². The van der Waals surface area contributed by atoms with Gasteiger partial charge in [0.05, 0.1) is 48.4 Å². The minimum absolute atomic E-state index is 0. The van der Waals surface area contributed by atoms with Crippen LogP contribution in [0.5, 0.6) is 0 Å². The van der Waals surface area contributed by atoms with E-state index in [1.54, 1.807) is 0 Å². The second-order valence-electron chi connectivity index (χ2n) is 12.2. The standard InChI is InChI=1S/3C14H8F3NS.Ir/c3*15-14(16,17)10-5-6-11(18-8-10)13-7-9-3-1-2-4-12(9)19-13;/h3*1-8H;/q;;;+3. The smallest absolute Gasteiger partial charge is 0.255 e. The first-order valence-corrected chi connectivity index (χ1v) is 19.1. The van der Waals surface area contributed by atoms with E-state index >= 15 is 0 Å². The molecule has 3 aromatic carbocycles. The zero-order valence-electron chi connectivity index (χ0n) is 29.2. The predicted molar refractivity (Wildman–Crippen MR) is 210 cm³/mol. The van der Waals surface area contributed by atoms with E-state index in [0.717, 1.165) is 81.7 Å². The molecular weight excluding hydrogens is 1010 g/mol. The monoisotopic (exact) mass is 1030 g/mol. The van der Waals surface area contributed by atoms with Crippen LogP contribution in [0.25, 0.3) is 62.0 Å². The van der Waals surface area contributed by atoms with E-state index in [4.69, 9.17) is 0 Å². The molecule has 0 radical (unpaired) electrons. The molecule has 0 spiro atoms. The molecule has 6 heterocycles. The van der Waals surface area contributed by atoms with Crippen molar-refractivity contribution in [3.8, 4) is 31.7 Å². The molecule has 9 rings (SSSR count). The summed E-state index contributed by atoms with van der Waals surface area (Å²) in [7, 11) is 0. The summed E-state index contributed by atoms with van der Waals surface area (Å²) < 4.78 is 115. The maximum absolute atomic E-state index is 12.5. The first kappa shape index (κ1) is 42.6. The minimum atomic E-state index is -4.34. The van der Waals surface area contributed by atoms with Gasteiger partial charge in [-0.15, -0.1) is 34.0 Å². The summed E-state index contributed by atoms with van der Waals surface area (Å²) in [5, 5.41) is 3.22. The maximum Gasteiger partial charge on any atom is 3.00 e. The zero-order chi connectivity index (χ0) is 40.4. The van der Waals surface area contributed by atoms with Gasteiger partial charge in [-0.05, 0) is 89.0 Å². The Morgan fingerprint density at radius 2 is 0.603 bits per heavy atom. The Morgan fingerprint density at radius 3 is 0.810 bits per heavy atom. The molecule has 0 atom stereocenters. The van der Waals surface area contributed by atoms with Gasteiger partial charge < -0.3 is 0 Å². The van der Waals surface area contributed by atoms with Crippen LogP contribution >= 0.6 is 34.0 Å². The van der Waals surface area contributed by atoms with Gasteiger partial charge in [0.2, 0.25) is 0 Å². The number of benzene rings is 3. The average Bonchev–Trinajstić information content (AvgIpc) is 3.95. The number of rotatable bonds is 3. The molecule has 16 heteroatoms. The normalized spacial score (nSPS) is 11.7. The Labute approximate surface area is 349 Å². The third-order valence-electron chi connectivity index (χ3n) is 8.31. The molecule has 0 bridgehead atoms. The van der Waals surface area contributed by atoms with Crippen molar-refractivity contribution in [2.24, 2.45) is 0 Å². The molecule has 0 amide bonds. The molecule has 58 heavy (non-hydrogen) atoms. The summed E-state index contributed by atoms with van der Waals surface area (Å²) in [5.41, 5.74) is -0.482. The summed E-state index contributed by atoms with van der Waals surface area (Å²) >= 11 is 4.56. The fraction of sp³-hybridized carbons (Fsp3) is 0.0714. The molecule has 0 aliphatic carbocycles. The van der Waals surface area contributed by atoms with Gasteiger partial charge in [-0.1, -0.05) is 54.6 Å². The van der Waals surface area contributed by atoms with Crippen molar-refractivity contribution in [1.82, 2.24) is 15.0 Å². The van der Waals surface area contributed by atoms with E-state index in [9.17, 15) is 39.5 Å². The van der Waals surface area contributed by atoms with E-state index in [1.165, 1.54) is 52.2 Å². The van der Waals surface area contributed by atoms with Gasteiger partial charge >= 0.3 is 38.6 Å². The second kappa shape index (κ2) is 17.5. The molecule has 6 aromatic heterocycles. The van der Waals surface area contributed by atoms with Crippen molar-refractivity contribution >= 4 is 64.3 Å². The Balaban J connectivity index is 0.000000145. The van der Waals surface area contributed by atoms with E-state index in [0.29, 0.717) is 17.1 Å². The maximum atomic E-state index is 12.5. The fourth-order valence-corrected chi connectivity index (χ4v) is 8.56. The minimum Gasteiger partial charge on any atom is -0.255 e. The van der Waals surface area contributed by atoms with Crippen LogP contribution in [0, 0.1) is 0 Å². The molecule has 0 aliphatic rings. The first-order chi connectivity index (χ1) is 27.1. The number of aromatic nitrogens is 3. The Bertz CT molecular complexity index is 2350. The Hall–Kier alpha value is -4.99. The van der Waals surface area contributed by atoms with Crippen LogP contribution in [0.15, 0.2) is 146 Å². The SMILES string of the molecule is FC(F)(F)c1ccc(-c2cc3ccccc3s2)nc1.FC(F)(F)c1ccc(-c2cc3ccccc3s2)nc1.FC(F)(F)c1ccc(-c2cc3ccccc3s2)nc1.[Ir+3]. The first-order valence-electron chi connectivity index (χ1n) is 16.7. The number of alkyl halides is 9. The number of hydrogen-bond donors (Lipinski definition) is 0. The Morgan fingerprint density at radius 1 is 0.345 bits per heavy atom. The number of nitrogens with zero attached hydrogens (tertiary/aromatic N) is 3. The third kappa shape index (κ3) is 10.2. The summed E-state index contributed by atoms with van der Waals surface area (Å²) in [4.78, 5) is 14.3. The van der Waals surface area contributed by atoms with Crippen LogP contribution in [-0.4, -0.2) is 15.0 Å². The van der Waals surface area contributed by atoms with Crippen molar-refractivity contribution in [2.45, 2.75) is 18.5 Å². The van der Waals surface area contributed by atoms with Crippen molar-refractivity contribution in [3.05, 3.63) is 163 Å². The summed E-state index contributed by atoms with van der Waals surface area (Å²) in [6, 6.07) is 36.7. The molecule has 0 fully saturated rings. The molecule has 0 saturated heterocycles. The van der Waals surface area contributed by atoms with Crippen molar-refractivity contribution in [3.63, 3.8) is 0 Å². The van der Waals surface area contributed by atoms with Gasteiger partial charge in [-0.3, -0.25) is 15.0 Å². The molecule has 0 unspecified atom stereocenters. The van der Waals surface area contributed by atoms with E-state index < -0.39 is 35.2 Å². The zero-order valence-corrected chi connectivity index (χ0v) is 34.0. The van der Waals surface area contributed by atoms with Gasteiger partial charge in [-0.25, -0.2) is 0 Å². The van der Waals surface area contributed by atoms with E-state index in [1.807, 2.05) is 91.0 Å². The van der Waals surface area contributed by atoms with Crippen LogP contribution in [0.1, 0.15) is 16.7 Å². The average molecular weight is 1030 g/mol. The van der Waals surface area contributed by atoms with Crippen LogP contribution in [0.2, 0.25) is 0 Å². The van der Waals surface area contributed by atoms with Gasteiger partial charge in [0.25, 0.3) is 0 Å². The number of hydrogen-bond acceptors (Lipinski definition) is 6. The molecule has 3 nitrogen and oxygen atoms in total. The van der Waals surface area contributed by atoms with Crippen molar-refractivity contribution in [2.75, 3.05) is 0 Å². The largest absolute Gasteiger partial charge is 3.00 e. The number of thiophene rings is 3. The van der Waals surface area contributed by atoms with Crippen LogP contribution in [0.4, 0.5) is 39.5 Å². The molecule has 0 N–H and O–H groups in total. The third-order valence-corrected chi connectivity index (χ3v) is 11.7.